The number of ketones is 1. The number of aromatic nitrogens is 3. The molecule has 0 fully saturated rings. The molecule has 0 aliphatic carbocycles. The number of rotatable bonds is 7. The SMILES string of the molecule is CS(=O)(=O)CCCC(=O)c1cn(CCN)nn1. The number of hydrogen-bond acceptors (Lipinski definition) is 6. The first-order chi connectivity index (χ1) is 7.92. The normalized spacial score (nSPS) is 11.6. The molecular weight excluding hydrogens is 244 g/mol. The quantitative estimate of drug-likeness (QED) is 0.646. The fraction of sp³-hybridized carbons (Fsp3) is 0.667. The van der Waals surface area contributed by atoms with Crippen LogP contribution in [0.5, 0.6) is 0 Å². The van der Waals surface area contributed by atoms with Gasteiger partial charge in [-0.15, -0.1) is 5.10 Å². The summed E-state index contributed by atoms with van der Waals surface area (Å²) in [5, 5.41) is 7.44. The summed E-state index contributed by atoms with van der Waals surface area (Å²) in [4.78, 5) is 11.6. The van der Waals surface area contributed by atoms with Gasteiger partial charge in [-0.05, 0) is 6.42 Å². The number of carbonyl (C=O) groups is 1. The molecule has 96 valence electrons. The van der Waals surface area contributed by atoms with Crippen molar-refractivity contribution in [1.82, 2.24) is 15.0 Å². The van der Waals surface area contributed by atoms with Crippen LogP contribution in [0.4, 0.5) is 0 Å². The molecule has 0 aromatic carbocycles. The Morgan fingerprint density at radius 3 is 2.82 bits per heavy atom. The highest BCUT2D eigenvalue weighted by Gasteiger charge is 2.11. The monoisotopic (exact) mass is 260 g/mol. The Bertz CT molecular complexity index is 480. The highest BCUT2D eigenvalue weighted by Crippen LogP contribution is 2.03. The first-order valence-corrected chi connectivity index (χ1v) is 7.29. The van der Waals surface area contributed by atoms with E-state index < -0.39 is 9.84 Å². The minimum atomic E-state index is -3.02. The van der Waals surface area contributed by atoms with E-state index in [9.17, 15) is 13.2 Å². The van der Waals surface area contributed by atoms with E-state index in [0.29, 0.717) is 19.5 Å². The van der Waals surface area contributed by atoms with Gasteiger partial charge in [-0.3, -0.25) is 9.48 Å². The summed E-state index contributed by atoms with van der Waals surface area (Å²) in [5.41, 5.74) is 5.59. The number of nitrogens with two attached hydrogens (primary N) is 1. The first kappa shape index (κ1) is 13.8. The van der Waals surface area contributed by atoms with Crippen molar-refractivity contribution in [1.29, 1.82) is 0 Å². The van der Waals surface area contributed by atoms with Crippen LogP contribution in [0.25, 0.3) is 0 Å². The largest absolute Gasteiger partial charge is 0.329 e. The molecule has 0 saturated heterocycles. The van der Waals surface area contributed by atoms with E-state index in [0.717, 1.165) is 6.26 Å². The first-order valence-electron chi connectivity index (χ1n) is 5.23. The second kappa shape index (κ2) is 5.87. The Morgan fingerprint density at radius 1 is 1.53 bits per heavy atom. The third-order valence-corrected chi connectivity index (χ3v) is 3.13. The van der Waals surface area contributed by atoms with Crippen molar-refractivity contribution in [3.8, 4) is 0 Å². The number of carbonyl (C=O) groups excluding carboxylic acids is 1. The van der Waals surface area contributed by atoms with Gasteiger partial charge in [0.2, 0.25) is 0 Å². The third kappa shape index (κ3) is 5.05. The molecule has 0 saturated carbocycles. The lowest BCUT2D eigenvalue weighted by Crippen LogP contribution is -2.10. The van der Waals surface area contributed by atoms with Gasteiger partial charge in [-0.1, -0.05) is 5.21 Å². The van der Waals surface area contributed by atoms with E-state index >= 15 is 0 Å². The van der Waals surface area contributed by atoms with Gasteiger partial charge in [-0.25, -0.2) is 8.42 Å². The maximum absolute atomic E-state index is 11.6. The van der Waals surface area contributed by atoms with Gasteiger partial charge < -0.3 is 5.73 Å². The number of Topliss-reactive ketones (excluding diaryl/α,β-unsaturated/α-hetero) is 1. The predicted octanol–water partition coefficient (Wildman–Crippen LogP) is -0.756. The molecule has 7 nitrogen and oxygen atoms in total. The van der Waals surface area contributed by atoms with Gasteiger partial charge in [0.25, 0.3) is 0 Å². The Balaban J connectivity index is 2.46. The average Bonchev–Trinajstić information content (AvgIpc) is 2.65. The number of nitrogens with zero attached hydrogens (tertiary/aromatic N) is 3. The highest BCUT2D eigenvalue weighted by molar-refractivity contribution is 7.90. The molecule has 17 heavy (non-hydrogen) atoms. The van der Waals surface area contributed by atoms with Crippen LogP contribution >= 0.6 is 0 Å². The topological polar surface area (TPSA) is 108 Å². The zero-order valence-electron chi connectivity index (χ0n) is 9.66. The minimum absolute atomic E-state index is 0.00960. The predicted molar refractivity (Wildman–Crippen MR) is 62.4 cm³/mol. The lowest BCUT2D eigenvalue weighted by atomic mass is 10.2. The van der Waals surface area contributed by atoms with Gasteiger partial charge >= 0.3 is 0 Å². The molecule has 1 rings (SSSR count). The summed E-state index contributed by atoms with van der Waals surface area (Å²) in [6.45, 7) is 0.925. The fourth-order valence-corrected chi connectivity index (χ4v) is 1.96. The summed E-state index contributed by atoms with van der Waals surface area (Å²) in [6.07, 6.45) is 3.14. The maximum atomic E-state index is 11.6. The molecule has 1 aromatic rings. The summed E-state index contributed by atoms with van der Waals surface area (Å²) < 4.78 is 23.3. The molecular formula is C9H16N4O3S. The molecule has 1 heterocycles. The number of hydrogen-bond donors (Lipinski definition) is 1. The Labute approximate surface area is 99.9 Å². The third-order valence-electron chi connectivity index (χ3n) is 2.10. The van der Waals surface area contributed by atoms with Gasteiger partial charge in [0.15, 0.2) is 5.78 Å². The lowest BCUT2D eigenvalue weighted by Gasteiger charge is -1.96. The Hall–Kier alpha value is -1.28. The van der Waals surface area contributed by atoms with Crippen LogP contribution in [0.15, 0.2) is 6.20 Å². The standard InChI is InChI=1S/C9H16N4O3S/c1-17(15,16)6-2-3-9(14)8-7-13(5-4-10)12-11-8/h7H,2-6,10H2,1H3. The molecule has 0 aliphatic heterocycles. The molecule has 0 bridgehead atoms. The zero-order chi connectivity index (χ0) is 12.9. The maximum Gasteiger partial charge on any atom is 0.184 e. The number of sulfone groups is 1. The van der Waals surface area contributed by atoms with Crippen LogP contribution in [-0.4, -0.2) is 47.7 Å². The summed E-state index contributed by atoms with van der Waals surface area (Å²) in [6, 6.07) is 0. The second-order valence-corrected chi connectivity index (χ2v) is 6.07. The molecule has 0 spiro atoms. The van der Waals surface area contributed by atoms with Crippen molar-refractivity contribution in [3.05, 3.63) is 11.9 Å². The molecule has 0 aliphatic rings. The molecule has 0 amide bonds. The van der Waals surface area contributed by atoms with Crippen LogP contribution < -0.4 is 5.73 Å². The van der Waals surface area contributed by atoms with Gasteiger partial charge in [0.05, 0.1) is 18.5 Å². The van der Waals surface area contributed by atoms with E-state index in [1.807, 2.05) is 0 Å². The average molecular weight is 260 g/mol. The summed E-state index contributed by atoms with van der Waals surface area (Å²) >= 11 is 0. The van der Waals surface area contributed by atoms with Crippen LogP contribution in [0.3, 0.4) is 0 Å². The van der Waals surface area contributed by atoms with Crippen molar-refractivity contribution < 1.29 is 13.2 Å². The van der Waals surface area contributed by atoms with Gasteiger partial charge in [0, 0.05) is 19.2 Å². The molecule has 8 heteroatoms. The van der Waals surface area contributed by atoms with Crippen LogP contribution in [0.1, 0.15) is 23.3 Å². The molecule has 0 radical (unpaired) electrons. The summed E-state index contributed by atoms with van der Waals surface area (Å²) in [7, 11) is -3.02. The van der Waals surface area contributed by atoms with E-state index in [1.54, 1.807) is 0 Å². The van der Waals surface area contributed by atoms with E-state index in [4.69, 9.17) is 5.73 Å². The molecule has 2 N–H and O–H groups in total. The van der Waals surface area contributed by atoms with E-state index in [2.05, 4.69) is 10.3 Å². The second-order valence-electron chi connectivity index (χ2n) is 3.81. The van der Waals surface area contributed by atoms with Crippen LogP contribution in [0.2, 0.25) is 0 Å². The summed E-state index contributed by atoms with van der Waals surface area (Å²) in [5.74, 6) is -0.188. The van der Waals surface area contributed by atoms with E-state index in [-0.39, 0.29) is 23.7 Å². The van der Waals surface area contributed by atoms with Crippen molar-refractivity contribution in [2.24, 2.45) is 5.73 Å². The Kier molecular flexibility index (Phi) is 4.76. The Morgan fingerprint density at radius 2 is 2.24 bits per heavy atom. The van der Waals surface area contributed by atoms with Gasteiger partial charge in [0.1, 0.15) is 15.5 Å². The van der Waals surface area contributed by atoms with Crippen molar-refractivity contribution in [2.45, 2.75) is 19.4 Å². The van der Waals surface area contributed by atoms with Crippen molar-refractivity contribution >= 4 is 15.6 Å². The van der Waals surface area contributed by atoms with Crippen molar-refractivity contribution in [3.63, 3.8) is 0 Å². The minimum Gasteiger partial charge on any atom is -0.329 e. The zero-order valence-corrected chi connectivity index (χ0v) is 10.5. The molecule has 1 aromatic heterocycles. The molecule has 0 unspecified atom stereocenters. The van der Waals surface area contributed by atoms with Crippen LogP contribution in [-0.2, 0) is 16.4 Å². The van der Waals surface area contributed by atoms with E-state index in [1.165, 1.54) is 10.9 Å². The van der Waals surface area contributed by atoms with Gasteiger partial charge in [-0.2, -0.15) is 0 Å². The fourth-order valence-electron chi connectivity index (χ4n) is 1.29. The lowest BCUT2D eigenvalue weighted by molar-refractivity contribution is 0.0977. The van der Waals surface area contributed by atoms with Crippen molar-refractivity contribution in [2.75, 3.05) is 18.6 Å². The highest BCUT2D eigenvalue weighted by atomic mass is 32.2. The smallest absolute Gasteiger partial charge is 0.184 e. The van der Waals surface area contributed by atoms with Crippen LogP contribution in [0, 0.1) is 0 Å². The molecule has 0 atom stereocenters.